The minimum atomic E-state index is -3.61. The number of rotatable bonds is 4. The Kier molecular flexibility index (Phi) is 3.19. The van der Waals surface area contributed by atoms with E-state index in [-0.39, 0.29) is 5.75 Å². The van der Waals surface area contributed by atoms with Crippen molar-refractivity contribution < 1.29 is 8.42 Å². The van der Waals surface area contributed by atoms with Crippen molar-refractivity contribution in [2.24, 2.45) is 5.29 Å². The van der Waals surface area contributed by atoms with Crippen LogP contribution in [0, 0.1) is 4.91 Å². The average molecular weight is 214 g/mol. The van der Waals surface area contributed by atoms with E-state index in [0.717, 1.165) is 7.05 Å². The van der Waals surface area contributed by atoms with Gasteiger partial charge in [0, 0.05) is 7.05 Å². The number of nitrogens with zero attached hydrogens (tertiary/aromatic N) is 2. The second-order valence-electron chi connectivity index (χ2n) is 2.76. The number of nitroso groups, excluding NO2 is 1. The highest BCUT2D eigenvalue weighted by Crippen LogP contribution is 2.08. The summed E-state index contributed by atoms with van der Waals surface area (Å²) in [6.07, 6.45) is 0. The van der Waals surface area contributed by atoms with Crippen LogP contribution in [0.4, 0.5) is 0 Å². The van der Waals surface area contributed by atoms with Crippen molar-refractivity contribution in [2.75, 3.05) is 7.05 Å². The molecule has 0 radical (unpaired) electrons. The van der Waals surface area contributed by atoms with E-state index < -0.39 is 10.0 Å². The molecule has 0 aliphatic carbocycles. The molecule has 0 unspecified atom stereocenters. The number of hydrogen-bond acceptors (Lipinski definition) is 4. The molecule has 1 rings (SSSR count). The van der Waals surface area contributed by atoms with E-state index in [9.17, 15) is 13.3 Å². The first-order valence-electron chi connectivity index (χ1n) is 3.90. The van der Waals surface area contributed by atoms with Crippen LogP contribution in [0.5, 0.6) is 0 Å². The number of sulfonamides is 1. The van der Waals surface area contributed by atoms with E-state index in [1.807, 2.05) is 0 Å². The van der Waals surface area contributed by atoms with Gasteiger partial charge < -0.3 is 0 Å². The molecule has 0 fully saturated rings. The third-order valence-electron chi connectivity index (χ3n) is 1.71. The molecule has 5 nitrogen and oxygen atoms in total. The third kappa shape index (κ3) is 2.53. The molecular formula is C8H10N2O3S. The molecule has 0 N–H and O–H groups in total. The highest BCUT2D eigenvalue weighted by molar-refractivity contribution is 7.88. The Morgan fingerprint density at radius 3 is 2.36 bits per heavy atom. The van der Waals surface area contributed by atoms with Gasteiger partial charge >= 0.3 is 0 Å². The molecule has 0 saturated carbocycles. The first-order chi connectivity index (χ1) is 6.56. The maximum absolute atomic E-state index is 11.4. The van der Waals surface area contributed by atoms with Gasteiger partial charge in [0.15, 0.2) is 0 Å². The van der Waals surface area contributed by atoms with Crippen LogP contribution in [0.2, 0.25) is 0 Å². The first-order valence-corrected chi connectivity index (χ1v) is 5.51. The second-order valence-corrected chi connectivity index (χ2v) is 4.74. The Labute approximate surface area is 82.3 Å². The molecule has 1 aromatic carbocycles. The van der Waals surface area contributed by atoms with Gasteiger partial charge in [-0.1, -0.05) is 30.3 Å². The van der Waals surface area contributed by atoms with Crippen molar-refractivity contribution in [1.82, 2.24) is 4.41 Å². The fourth-order valence-electron chi connectivity index (χ4n) is 0.929. The van der Waals surface area contributed by atoms with Crippen molar-refractivity contribution >= 4 is 10.0 Å². The monoisotopic (exact) mass is 214 g/mol. The van der Waals surface area contributed by atoms with Gasteiger partial charge in [0.25, 0.3) is 10.0 Å². The Morgan fingerprint density at radius 2 is 1.86 bits per heavy atom. The normalized spacial score (nSPS) is 10.9. The van der Waals surface area contributed by atoms with E-state index in [1.165, 1.54) is 0 Å². The smallest absolute Gasteiger partial charge is 0.205 e. The maximum Gasteiger partial charge on any atom is 0.256 e. The van der Waals surface area contributed by atoms with Crippen molar-refractivity contribution in [3.63, 3.8) is 0 Å². The quantitative estimate of drug-likeness (QED) is 0.557. The van der Waals surface area contributed by atoms with Gasteiger partial charge in [-0.25, -0.2) is 8.42 Å². The zero-order valence-electron chi connectivity index (χ0n) is 7.62. The minimum Gasteiger partial charge on any atom is -0.205 e. The van der Waals surface area contributed by atoms with Crippen LogP contribution in [0.1, 0.15) is 5.56 Å². The van der Waals surface area contributed by atoms with Crippen molar-refractivity contribution in [1.29, 1.82) is 0 Å². The topological polar surface area (TPSA) is 66.8 Å². The van der Waals surface area contributed by atoms with Crippen LogP contribution in [-0.4, -0.2) is 19.9 Å². The fourth-order valence-corrected chi connectivity index (χ4v) is 1.83. The van der Waals surface area contributed by atoms with E-state index in [0.29, 0.717) is 9.98 Å². The van der Waals surface area contributed by atoms with E-state index in [1.54, 1.807) is 30.3 Å². The molecule has 0 aliphatic rings. The van der Waals surface area contributed by atoms with Gasteiger partial charge in [-0.3, -0.25) is 0 Å². The lowest BCUT2D eigenvalue weighted by Crippen LogP contribution is -2.22. The summed E-state index contributed by atoms with van der Waals surface area (Å²) in [4.78, 5) is 10.0. The van der Waals surface area contributed by atoms with Gasteiger partial charge in [-0.15, -0.1) is 4.91 Å². The summed E-state index contributed by atoms with van der Waals surface area (Å²) in [6, 6.07) is 8.61. The van der Waals surface area contributed by atoms with Gasteiger partial charge in [0.1, 0.15) is 0 Å². The zero-order valence-corrected chi connectivity index (χ0v) is 8.44. The van der Waals surface area contributed by atoms with Crippen LogP contribution < -0.4 is 0 Å². The molecule has 1 aromatic rings. The Bertz CT molecular complexity index is 402. The lowest BCUT2D eigenvalue weighted by atomic mass is 10.2. The maximum atomic E-state index is 11.4. The highest BCUT2D eigenvalue weighted by Gasteiger charge is 2.17. The molecule has 0 spiro atoms. The lowest BCUT2D eigenvalue weighted by Gasteiger charge is -2.09. The number of hydrogen-bond donors (Lipinski definition) is 0. The summed E-state index contributed by atoms with van der Waals surface area (Å²) in [7, 11) is -2.49. The van der Waals surface area contributed by atoms with E-state index in [4.69, 9.17) is 0 Å². The summed E-state index contributed by atoms with van der Waals surface area (Å²) in [5, 5.41) is 2.35. The van der Waals surface area contributed by atoms with Gasteiger partial charge in [0.05, 0.1) is 11.0 Å². The molecule has 0 bridgehead atoms. The van der Waals surface area contributed by atoms with Gasteiger partial charge in [-0.05, 0) is 5.56 Å². The molecule has 0 heterocycles. The van der Waals surface area contributed by atoms with Crippen LogP contribution in [0.15, 0.2) is 35.6 Å². The predicted octanol–water partition coefficient (Wildman–Crippen LogP) is 1.13. The van der Waals surface area contributed by atoms with Crippen molar-refractivity contribution in [3.8, 4) is 0 Å². The van der Waals surface area contributed by atoms with E-state index >= 15 is 0 Å². The molecule has 0 aliphatic heterocycles. The third-order valence-corrected chi connectivity index (χ3v) is 3.28. The molecule has 0 saturated heterocycles. The second kappa shape index (κ2) is 4.19. The largest absolute Gasteiger partial charge is 0.256 e. The number of benzene rings is 1. The van der Waals surface area contributed by atoms with Crippen molar-refractivity contribution in [2.45, 2.75) is 5.75 Å². The summed E-state index contributed by atoms with van der Waals surface area (Å²) in [5.41, 5.74) is 0.628. The molecule has 14 heavy (non-hydrogen) atoms. The summed E-state index contributed by atoms with van der Waals surface area (Å²) < 4.78 is 23.2. The summed E-state index contributed by atoms with van der Waals surface area (Å²) >= 11 is 0. The lowest BCUT2D eigenvalue weighted by molar-refractivity contribution is 0.485. The molecule has 0 amide bonds. The fraction of sp³-hybridized carbons (Fsp3) is 0.250. The van der Waals surface area contributed by atoms with Crippen LogP contribution in [-0.2, 0) is 15.8 Å². The molecule has 76 valence electrons. The molecule has 0 atom stereocenters. The molecule has 6 heteroatoms. The van der Waals surface area contributed by atoms with Gasteiger partial charge in [0.2, 0.25) is 0 Å². The Balaban J connectivity index is 2.84. The van der Waals surface area contributed by atoms with E-state index in [2.05, 4.69) is 5.29 Å². The Hall–Kier alpha value is -1.43. The molecular weight excluding hydrogens is 204 g/mol. The molecule has 0 aromatic heterocycles. The average Bonchev–Trinajstić information content (AvgIpc) is 2.17. The summed E-state index contributed by atoms with van der Waals surface area (Å²) in [5.74, 6) is -0.212. The van der Waals surface area contributed by atoms with Crippen molar-refractivity contribution in [3.05, 3.63) is 40.8 Å². The zero-order chi connectivity index (χ0) is 10.6. The highest BCUT2D eigenvalue weighted by atomic mass is 32.2. The van der Waals surface area contributed by atoms with Crippen LogP contribution >= 0.6 is 0 Å². The van der Waals surface area contributed by atoms with Crippen LogP contribution in [0.25, 0.3) is 0 Å². The van der Waals surface area contributed by atoms with Crippen LogP contribution in [0.3, 0.4) is 0 Å². The minimum absolute atomic E-state index is 0.212. The standard InChI is InChI=1S/C8H10N2O3S/c1-10(9-11)14(12,13)7-8-5-3-2-4-6-8/h2-6H,7H2,1H3. The first kappa shape index (κ1) is 10.6. The predicted molar refractivity (Wildman–Crippen MR) is 52.6 cm³/mol. The Morgan fingerprint density at radius 1 is 1.29 bits per heavy atom. The SMILES string of the molecule is CN(N=O)S(=O)(=O)Cc1ccccc1. The van der Waals surface area contributed by atoms with Gasteiger partial charge in [-0.2, -0.15) is 4.41 Å². The summed E-state index contributed by atoms with van der Waals surface area (Å²) in [6.45, 7) is 0.